The zero-order valence-corrected chi connectivity index (χ0v) is 12.8. The number of carbonyl (C=O) groups is 1. The SMILES string of the molecule is COc1ccc(NC(=O)COc2c(O)cc[n+](C)c2C)cc1. The van der Waals surface area contributed by atoms with E-state index in [0.29, 0.717) is 17.2 Å². The lowest BCUT2D eigenvalue weighted by molar-refractivity contribution is -0.678. The highest BCUT2D eigenvalue weighted by atomic mass is 16.5. The second-order valence-electron chi connectivity index (χ2n) is 4.79. The fourth-order valence-corrected chi connectivity index (χ4v) is 1.90. The molecule has 0 aliphatic rings. The minimum absolute atomic E-state index is 0.00727. The number of rotatable bonds is 5. The lowest BCUT2D eigenvalue weighted by Gasteiger charge is -2.10. The molecule has 2 rings (SSSR count). The summed E-state index contributed by atoms with van der Waals surface area (Å²) in [6.45, 7) is 1.61. The van der Waals surface area contributed by atoms with Gasteiger partial charge in [-0.05, 0) is 24.3 Å². The van der Waals surface area contributed by atoms with Gasteiger partial charge in [0.2, 0.25) is 11.4 Å². The minimum atomic E-state index is -0.310. The van der Waals surface area contributed by atoms with Gasteiger partial charge in [0, 0.05) is 18.7 Å². The van der Waals surface area contributed by atoms with Crippen LogP contribution >= 0.6 is 0 Å². The summed E-state index contributed by atoms with van der Waals surface area (Å²) in [5, 5.41) is 12.5. The van der Waals surface area contributed by atoms with Gasteiger partial charge in [-0.25, -0.2) is 4.57 Å². The first-order chi connectivity index (χ1) is 10.5. The third kappa shape index (κ3) is 3.66. The molecule has 0 saturated heterocycles. The van der Waals surface area contributed by atoms with Crippen LogP contribution in [-0.2, 0) is 11.8 Å². The van der Waals surface area contributed by atoms with E-state index in [1.165, 1.54) is 6.07 Å². The predicted octanol–water partition coefficient (Wildman–Crippen LogP) is 1.55. The molecule has 1 heterocycles. The number of nitrogens with one attached hydrogen (secondary N) is 1. The van der Waals surface area contributed by atoms with Crippen molar-refractivity contribution >= 4 is 11.6 Å². The number of hydrogen-bond acceptors (Lipinski definition) is 4. The number of aromatic nitrogens is 1. The van der Waals surface area contributed by atoms with Crippen molar-refractivity contribution < 1.29 is 23.9 Å². The topological polar surface area (TPSA) is 71.7 Å². The van der Waals surface area contributed by atoms with E-state index in [2.05, 4.69) is 5.32 Å². The number of nitrogens with zero attached hydrogens (tertiary/aromatic N) is 1. The Bertz CT molecular complexity index is 669. The van der Waals surface area contributed by atoms with Gasteiger partial charge in [0.25, 0.3) is 5.91 Å². The molecule has 0 aliphatic carbocycles. The maximum atomic E-state index is 11.9. The van der Waals surface area contributed by atoms with Crippen LogP contribution < -0.4 is 19.4 Å². The molecule has 2 N–H and O–H groups in total. The Hall–Kier alpha value is -2.76. The number of aryl methyl sites for hydroxylation is 1. The number of hydrogen-bond donors (Lipinski definition) is 2. The van der Waals surface area contributed by atoms with E-state index in [9.17, 15) is 9.90 Å². The zero-order valence-electron chi connectivity index (χ0n) is 12.8. The fraction of sp³-hybridized carbons (Fsp3) is 0.250. The summed E-state index contributed by atoms with van der Waals surface area (Å²) >= 11 is 0. The van der Waals surface area contributed by atoms with Crippen LogP contribution in [0.1, 0.15) is 5.69 Å². The highest BCUT2D eigenvalue weighted by molar-refractivity contribution is 5.91. The van der Waals surface area contributed by atoms with Crippen molar-refractivity contribution in [3.8, 4) is 17.2 Å². The molecule has 1 aromatic heterocycles. The molecule has 6 nitrogen and oxygen atoms in total. The maximum Gasteiger partial charge on any atom is 0.262 e. The van der Waals surface area contributed by atoms with E-state index in [0.717, 1.165) is 5.69 Å². The van der Waals surface area contributed by atoms with Crippen LogP contribution in [0.15, 0.2) is 36.5 Å². The monoisotopic (exact) mass is 303 g/mol. The molecule has 0 saturated carbocycles. The summed E-state index contributed by atoms with van der Waals surface area (Å²) in [6.07, 6.45) is 1.72. The van der Waals surface area contributed by atoms with Crippen LogP contribution in [0, 0.1) is 6.92 Å². The summed E-state index contributed by atoms with van der Waals surface area (Å²) in [6, 6.07) is 8.50. The molecule has 1 aromatic carbocycles. The van der Waals surface area contributed by atoms with Crippen molar-refractivity contribution in [1.82, 2.24) is 0 Å². The van der Waals surface area contributed by atoms with Crippen LogP contribution in [0.5, 0.6) is 17.2 Å². The number of benzene rings is 1. The summed E-state index contributed by atoms with van der Waals surface area (Å²) in [7, 11) is 3.41. The molecule has 22 heavy (non-hydrogen) atoms. The Morgan fingerprint density at radius 1 is 1.27 bits per heavy atom. The third-order valence-corrected chi connectivity index (χ3v) is 3.27. The van der Waals surface area contributed by atoms with Crippen molar-refractivity contribution in [3.05, 3.63) is 42.2 Å². The fourth-order valence-electron chi connectivity index (χ4n) is 1.90. The highest BCUT2D eigenvalue weighted by Crippen LogP contribution is 2.26. The number of pyridine rings is 1. The Kier molecular flexibility index (Phi) is 4.83. The van der Waals surface area contributed by atoms with Crippen molar-refractivity contribution in [2.45, 2.75) is 6.92 Å². The second kappa shape index (κ2) is 6.80. The smallest absolute Gasteiger partial charge is 0.262 e. The summed E-state index contributed by atoms with van der Waals surface area (Å²) < 4.78 is 12.3. The number of carbonyl (C=O) groups excluding carboxylic acids is 1. The molecule has 0 fully saturated rings. The third-order valence-electron chi connectivity index (χ3n) is 3.27. The van der Waals surface area contributed by atoms with Crippen molar-refractivity contribution in [1.29, 1.82) is 0 Å². The summed E-state index contributed by atoms with van der Waals surface area (Å²) in [5.41, 5.74) is 1.38. The maximum absolute atomic E-state index is 11.9. The lowest BCUT2D eigenvalue weighted by atomic mass is 10.3. The predicted molar refractivity (Wildman–Crippen MR) is 81.1 cm³/mol. The molecule has 0 spiro atoms. The molecular formula is C16H19N2O4+. The first kappa shape index (κ1) is 15.6. The van der Waals surface area contributed by atoms with E-state index < -0.39 is 0 Å². The molecule has 116 valence electrons. The molecule has 0 atom stereocenters. The van der Waals surface area contributed by atoms with Gasteiger partial charge in [0.1, 0.15) is 12.8 Å². The lowest BCUT2D eigenvalue weighted by Crippen LogP contribution is -2.32. The van der Waals surface area contributed by atoms with Gasteiger partial charge in [-0.2, -0.15) is 0 Å². The molecule has 1 amide bonds. The van der Waals surface area contributed by atoms with Crippen molar-refractivity contribution in [3.63, 3.8) is 0 Å². The van der Waals surface area contributed by atoms with Crippen molar-refractivity contribution in [2.75, 3.05) is 19.0 Å². The average molecular weight is 303 g/mol. The van der Waals surface area contributed by atoms with Crippen LogP contribution in [0.25, 0.3) is 0 Å². The average Bonchev–Trinajstić information content (AvgIpc) is 2.52. The zero-order chi connectivity index (χ0) is 16.1. The Morgan fingerprint density at radius 3 is 2.59 bits per heavy atom. The number of amides is 1. The summed E-state index contributed by atoms with van der Waals surface area (Å²) in [4.78, 5) is 11.9. The van der Waals surface area contributed by atoms with Crippen LogP contribution in [0.2, 0.25) is 0 Å². The molecule has 0 bridgehead atoms. The van der Waals surface area contributed by atoms with Gasteiger partial charge in [-0.15, -0.1) is 0 Å². The number of methoxy groups -OCH3 is 1. The van der Waals surface area contributed by atoms with E-state index in [1.807, 2.05) is 7.05 Å². The Labute approximate surface area is 128 Å². The molecule has 6 heteroatoms. The molecular weight excluding hydrogens is 284 g/mol. The van der Waals surface area contributed by atoms with Gasteiger partial charge in [-0.1, -0.05) is 0 Å². The number of anilines is 1. The molecule has 0 aliphatic heterocycles. The van der Waals surface area contributed by atoms with Gasteiger partial charge in [0.05, 0.1) is 7.11 Å². The van der Waals surface area contributed by atoms with Gasteiger partial charge in [-0.3, -0.25) is 4.79 Å². The van der Waals surface area contributed by atoms with Gasteiger partial charge >= 0.3 is 0 Å². The molecule has 2 aromatic rings. The molecule has 0 radical (unpaired) electrons. The van der Waals surface area contributed by atoms with E-state index >= 15 is 0 Å². The van der Waals surface area contributed by atoms with Crippen LogP contribution in [0.3, 0.4) is 0 Å². The minimum Gasteiger partial charge on any atom is -0.504 e. The normalized spacial score (nSPS) is 10.1. The van der Waals surface area contributed by atoms with Crippen LogP contribution in [0.4, 0.5) is 5.69 Å². The van der Waals surface area contributed by atoms with E-state index in [1.54, 1.807) is 49.1 Å². The first-order valence-electron chi connectivity index (χ1n) is 6.76. The summed E-state index contributed by atoms with van der Waals surface area (Å²) in [5.74, 6) is 0.713. The number of ether oxygens (including phenoxy) is 2. The number of aromatic hydroxyl groups is 1. The second-order valence-corrected chi connectivity index (χ2v) is 4.79. The van der Waals surface area contributed by atoms with Crippen molar-refractivity contribution in [2.24, 2.45) is 7.05 Å². The standard InChI is InChI=1S/C16H18N2O4/c1-11-16(14(19)8-9-18(11)2)22-10-15(20)17-12-4-6-13(21-3)7-5-12/h4-9H,10H2,1-3H3,(H,17,20)/p+1. The van der Waals surface area contributed by atoms with Gasteiger partial charge in [0.15, 0.2) is 18.6 Å². The van der Waals surface area contributed by atoms with E-state index in [4.69, 9.17) is 9.47 Å². The Balaban J connectivity index is 1.97. The molecule has 0 unspecified atom stereocenters. The quantitative estimate of drug-likeness (QED) is 0.822. The van der Waals surface area contributed by atoms with E-state index in [-0.39, 0.29) is 18.3 Å². The Morgan fingerprint density at radius 2 is 1.95 bits per heavy atom. The highest BCUT2D eigenvalue weighted by Gasteiger charge is 2.16. The van der Waals surface area contributed by atoms with Crippen LogP contribution in [-0.4, -0.2) is 24.7 Å². The first-order valence-corrected chi connectivity index (χ1v) is 6.76. The van der Waals surface area contributed by atoms with Gasteiger partial charge < -0.3 is 19.9 Å². The largest absolute Gasteiger partial charge is 0.504 e.